The number of ketones is 1. The molecule has 0 bridgehead atoms. The first-order valence-electron chi connectivity index (χ1n) is 6.53. The minimum absolute atomic E-state index is 0.00337. The zero-order chi connectivity index (χ0) is 17.6. The Morgan fingerprint density at radius 3 is 1.87 bits per heavy atom. The predicted octanol–water partition coefficient (Wildman–Crippen LogP) is 0.921. The fourth-order valence-corrected chi connectivity index (χ4v) is 2.05. The lowest BCUT2D eigenvalue weighted by Gasteiger charge is -2.19. The van der Waals surface area contributed by atoms with Crippen LogP contribution in [0.15, 0.2) is 24.8 Å². The summed E-state index contributed by atoms with van der Waals surface area (Å²) in [5, 5.41) is 0. The first-order valence-corrected chi connectivity index (χ1v) is 6.53. The molecule has 1 aromatic heterocycles. The molecule has 0 aliphatic carbocycles. The summed E-state index contributed by atoms with van der Waals surface area (Å²) in [6.45, 7) is 3.52. The van der Waals surface area contributed by atoms with Gasteiger partial charge in [-0.25, -0.2) is 14.4 Å². The van der Waals surface area contributed by atoms with Gasteiger partial charge in [-0.3, -0.25) is 4.79 Å². The molecular weight excluding hydrogens is 306 g/mol. The van der Waals surface area contributed by atoms with E-state index in [1.165, 1.54) is 18.2 Å². The first kappa shape index (κ1) is 18.1. The van der Waals surface area contributed by atoms with Gasteiger partial charge in [-0.1, -0.05) is 6.08 Å². The number of methoxy groups -OCH3 is 3. The molecule has 1 rings (SSSR count). The molecule has 0 aromatic carbocycles. The van der Waals surface area contributed by atoms with E-state index in [9.17, 15) is 19.2 Å². The molecule has 1 atom stereocenters. The van der Waals surface area contributed by atoms with Crippen molar-refractivity contribution in [1.82, 2.24) is 4.57 Å². The highest BCUT2D eigenvalue weighted by atomic mass is 16.5. The lowest BCUT2D eigenvalue weighted by Crippen LogP contribution is -2.31. The number of hydrogen-bond acceptors (Lipinski definition) is 7. The summed E-state index contributed by atoms with van der Waals surface area (Å²) in [7, 11) is 3.37. The topological polar surface area (TPSA) is 101 Å². The molecule has 0 amide bonds. The van der Waals surface area contributed by atoms with Crippen molar-refractivity contribution in [2.24, 2.45) is 0 Å². The largest absolute Gasteiger partial charge is 0.464 e. The maximum atomic E-state index is 12.2. The van der Waals surface area contributed by atoms with Crippen LogP contribution in [0.3, 0.4) is 0 Å². The first-order chi connectivity index (χ1) is 10.9. The molecule has 0 N–H and O–H groups in total. The molecule has 0 saturated carbocycles. The van der Waals surface area contributed by atoms with Crippen LogP contribution in [0.5, 0.6) is 0 Å². The molecule has 0 aliphatic rings. The molecule has 124 valence electrons. The third kappa shape index (κ3) is 3.65. The molecule has 1 aromatic rings. The van der Waals surface area contributed by atoms with Crippen molar-refractivity contribution in [1.29, 1.82) is 0 Å². The van der Waals surface area contributed by atoms with Crippen molar-refractivity contribution in [3.05, 3.63) is 36.2 Å². The van der Waals surface area contributed by atoms with Gasteiger partial charge in [-0.2, -0.15) is 0 Å². The second-order valence-corrected chi connectivity index (χ2v) is 4.35. The molecule has 23 heavy (non-hydrogen) atoms. The smallest absolute Gasteiger partial charge is 0.376 e. The molecule has 0 spiro atoms. The number of esters is 3. The molecule has 0 radical (unpaired) electrons. The number of allylic oxidation sites excluding steroid dienone is 1. The van der Waals surface area contributed by atoms with E-state index in [0.29, 0.717) is 0 Å². The lowest BCUT2D eigenvalue weighted by molar-refractivity contribution is -0.153. The third-order valence-corrected chi connectivity index (χ3v) is 3.10. The van der Waals surface area contributed by atoms with Crippen LogP contribution in [0, 0.1) is 0 Å². The van der Waals surface area contributed by atoms with E-state index in [4.69, 9.17) is 0 Å². The van der Waals surface area contributed by atoms with Crippen molar-refractivity contribution in [2.45, 2.75) is 12.5 Å². The van der Waals surface area contributed by atoms with Crippen molar-refractivity contribution >= 4 is 23.7 Å². The molecule has 0 fully saturated rings. The van der Waals surface area contributed by atoms with E-state index in [1.54, 1.807) is 0 Å². The van der Waals surface area contributed by atoms with Crippen LogP contribution in [-0.4, -0.2) is 49.6 Å². The van der Waals surface area contributed by atoms with Gasteiger partial charge in [0.15, 0.2) is 0 Å². The van der Waals surface area contributed by atoms with Crippen molar-refractivity contribution in [2.75, 3.05) is 21.3 Å². The number of hydrogen-bond donors (Lipinski definition) is 0. The Morgan fingerprint density at radius 2 is 1.52 bits per heavy atom. The maximum Gasteiger partial charge on any atom is 0.376 e. The third-order valence-electron chi connectivity index (χ3n) is 3.10. The average molecular weight is 323 g/mol. The van der Waals surface area contributed by atoms with Crippen molar-refractivity contribution in [3.8, 4) is 0 Å². The maximum absolute atomic E-state index is 12.2. The molecular formula is C15H17NO7. The van der Waals surface area contributed by atoms with Crippen molar-refractivity contribution in [3.63, 3.8) is 0 Å². The second-order valence-electron chi connectivity index (χ2n) is 4.35. The van der Waals surface area contributed by atoms with Gasteiger partial charge in [0, 0.05) is 0 Å². The van der Waals surface area contributed by atoms with E-state index >= 15 is 0 Å². The summed E-state index contributed by atoms with van der Waals surface area (Å²) in [6.07, 6.45) is 1.38. The fraction of sp³-hybridized carbons (Fsp3) is 0.333. The van der Waals surface area contributed by atoms with Crippen LogP contribution in [0.2, 0.25) is 0 Å². The van der Waals surface area contributed by atoms with Crippen LogP contribution in [-0.2, 0) is 23.8 Å². The Labute approximate surface area is 132 Å². The molecule has 0 saturated heterocycles. The number of carbonyl (C=O) groups excluding carboxylic acids is 4. The molecule has 1 heterocycles. The standard InChI is InChI=1S/C15H17NO7/c1-5-6-9(12(17)15(20)23-4)16-10(13(18)21-2)7-8-11(16)14(19)22-3/h5,7-9H,1,6H2,2-4H3. The normalized spacial score (nSPS) is 11.3. The lowest BCUT2D eigenvalue weighted by atomic mass is 10.1. The van der Waals surface area contributed by atoms with Crippen LogP contribution >= 0.6 is 0 Å². The highest BCUT2D eigenvalue weighted by Gasteiger charge is 2.33. The van der Waals surface area contributed by atoms with Gasteiger partial charge in [0.1, 0.15) is 17.4 Å². The van der Waals surface area contributed by atoms with E-state index in [-0.39, 0.29) is 17.8 Å². The number of Topliss-reactive ketones (excluding diaryl/α,β-unsaturated/α-hetero) is 1. The van der Waals surface area contributed by atoms with Crippen LogP contribution in [0.1, 0.15) is 33.4 Å². The zero-order valence-corrected chi connectivity index (χ0v) is 13.0. The van der Waals surface area contributed by atoms with Crippen LogP contribution in [0.25, 0.3) is 0 Å². The Morgan fingerprint density at radius 1 is 1.04 bits per heavy atom. The minimum Gasteiger partial charge on any atom is -0.464 e. The van der Waals surface area contributed by atoms with Crippen molar-refractivity contribution < 1.29 is 33.4 Å². The monoisotopic (exact) mass is 323 g/mol. The van der Waals surface area contributed by atoms with Gasteiger partial charge in [-0.05, 0) is 18.6 Å². The quantitative estimate of drug-likeness (QED) is 0.318. The highest BCUT2D eigenvalue weighted by Crippen LogP contribution is 2.23. The van der Waals surface area contributed by atoms with Crippen LogP contribution < -0.4 is 0 Å². The molecule has 1 unspecified atom stereocenters. The molecule has 8 heteroatoms. The summed E-state index contributed by atoms with van der Waals surface area (Å²) < 4.78 is 14.8. The number of carbonyl (C=O) groups is 4. The van der Waals surface area contributed by atoms with Gasteiger partial charge < -0.3 is 18.8 Å². The minimum atomic E-state index is -1.18. The molecule has 8 nitrogen and oxygen atoms in total. The van der Waals surface area contributed by atoms with Gasteiger partial charge in [-0.15, -0.1) is 6.58 Å². The Balaban J connectivity index is 3.54. The van der Waals surface area contributed by atoms with E-state index < -0.39 is 29.7 Å². The van der Waals surface area contributed by atoms with Crippen LogP contribution in [0.4, 0.5) is 0 Å². The van der Waals surface area contributed by atoms with E-state index in [0.717, 1.165) is 25.9 Å². The number of aromatic nitrogens is 1. The summed E-state index contributed by atoms with van der Waals surface area (Å²) in [6, 6.07) is 1.43. The summed E-state index contributed by atoms with van der Waals surface area (Å²) >= 11 is 0. The highest BCUT2D eigenvalue weighted by molar-refractivity contribution is 6.35. The molecule has 0 aliphatic heterocycles. The summed E-state index contributed by atoms with van der Waals surface area (Å²) in [4.78, 5) is 47.6. The second kappa shape index (κ2) is 7.92. The van der Waals surface area contributed by atoms with Gasteiger partial charge in [0.05, 0.1) is 21.3 Å². The summed E-state index contributed by atoms with van der Waals surface area (Å²) in [5.41, 5.74) is -0.144. The van der Waals surface area contributed by atoms with E-state index in [2.05, 4.69) is 20.8 Å². The van der Waals surface area contributed by atoms with Gasteiger partial charge in [0.2, 0.25) is 0 Å². The Kier molecular flexibility index (Phi) is 6.25. The number of ether oxygens (including phenoxy) is 3. The zero-order valence-electron chi connectivity index (χ0n) is 13.0. The predicted molar refractivity (Wildman–Crippen MR) is 78.0 cm³/mol. The Bertz CT molecular complexity index is 611. The number of rotatable bonds is 7. The Hall–Kier alpha value is -2.90. The fourth-order valence-electron chi connectivity index (χ4n) is 2.05. The van der Waals surface area contributed by atoms with E-state index in [1.807, 2.05) is 0 Å². The van der Waals surface area contributed by atoms with Gasteiger partial charge >= 0.3 is 17.9 Å². The average Bonchev–Trinajstić information content (AvgIpc) is 3.01. The SMILES string of the molecule is C=CCC(C(=O)C(=O)OC)n1c(C(=O)OC)ccc1C(=O)OC. The summed E-state index contributed by atoms with van der Waals surface area (Å²) in [5.74, 6) is -3.57. The number of nitrogens with zero attached hydrogens (tertiary/aromatic N) is 1. The van der Waals surface area contributed by atoms with Gasteiger partial charge in [0.25, 0.3) is 5.78 Å².